The highest BCUT2D eigenvalue weighted by molar-refractivity contribution is 5.99. The molecule has 1 aromatic carbocycles. The summed E-state index contributed by atoms with van der Waals surface area (Å²) in [6.45, 7) is 4.49. The van der Waals surface area contributed by atoms with Crippen LogP contribution in [0.2, 0.25) is 0 Å². The SMILES string of the molecule is CCOCCOCCOc1ccc2cc(Nc3nc(NC4CCCCC4N)c(F)cc3C(N)=O)ccc2n1. The highest BCUT2D eigenvalue weighted by Gasteiger charge is 2.24. The van der Waals surface area contributed by atoms with E-state index >= 15 is 0 Å². The van der Waals surface area contributed by atoms with E-state index in [-0.39, 0.29) is 29.3 Å². The normalized spacial score (nSPS) is 17.3. The van der Waals surface area contributed by atoms with E-state index in [2.05, 4.69) is 20.6 Å². The molecule has 0 bridgehead atoms. The van der Waals surface area contributed by atoms with Gasteiger partial charge in [0.2, 0.25) is 5.88 Å². The molecule has 0 spiro atoms. The van der Waals surface area contributed by atoms with Gasteiger partial charge >= 0.3 is 0 Å². The fourth-order valence-corrected chi connectivity index (χ4v) is 4.36. The number of rotatable bonds is 13. The number of hydrogen-bond acceptors (Lipinski definition) is 9. The summed E-state index contributed by atoms with van der Waals surface area (Å²) in [6, 6.07) is 10.0. The van der Waals surface area contributed by atoms with Crippen LogP contribution in [0.3, 0.4) is 0 Å². The van der Waals surface area contributed by atoms with E-state index in [0.29, 0.717) is 44.6 Å². The zero-order valence-corrected chi connectivity index (χ0v) is 21.5. The van der Waals surface area contributed by atoms with Gasteiger partial charge in [-0.1, -0.05) is 12.8 Å². The molecular weight excluding hydrogens is 491 g/mol. The lowest BCUT2D eigenvalue weighted by Gasteiger charge is -2.30. The van der Waals surface area contributed by atoms with Gasteiger partial charge in [-0.15, -0.1) is 0 Å². The van der Waals surface area contributed by atoms with Crippen LogP contribution in [0.25, 0.3) is 10.9 Å². The van der Waals surface area contributed by atoms with Crippen LogP contribution in [0, 0.1) is 5.82 Å². The van der Waals surface area contributed by atoms with E-state index in [1.165, 1.54) is 0 Å². The first-order valence-electron chi connectivity index (χ1n) is 12.9. The van der Waals surface area contributed by atoms with Gasteiger partial charge in [0.15, 0.2) is 11.6 Å². The second kappa shape index (κ2) is 13.3. The standard InChI is InChI=1S/C27H35FN6O4/c1-2-36-11-12-37-13-14-38-24-10-7-17-15-18(8-9-22(17)32-24)31-26-19(25(30)35)16-20(28)27(34-26)33-23-6-4-3-5-21(23)29/h7-10,15-16,21,23H,2-6,11-14,29H2,1H3,(H2,30,35)(H2,31,33,34). The number of nitrogens with two attached hydrogens (primary N) is 2. The summed E-state index contributed by atoms with van der Waals surface area (Å²) in [5.41, 5.74) is 13.0. The number of ether oxygens (including phenoxy) is 3. The zero-order valence-electron chi connectivity index (χ0n) is 21.5. The molecule has 3 aromatic rings. The third kappa shape index (κ3) is 7.27. The molecule has 6 N–H and O–H groups in total. The number of fused-ring (bicyclic) bond motifs is 1. The van der Waals surface area contributed by atoms with Crippen LogP contribution in [0.1, 0.15) is 43.0 Å². The highest BCUT2D eigenvalue weighted by Crippen LogP contribution is 2.28. The van der Waals surface area contributed by atoms with Gasteiger partial charge in [0.05, 0.1) is 30.9 Å². The van der Waals surface area contributed by atoms with Gasteiger partial charge in [-0.05, 0) is 50.1 Å². The summed E-state index contributed by atoms with van der Waals surface area (Å²) in [7, 11) is 0. The van der Waals surface area contributed by atoms with Crippen LogP contribution in [-0.4, -0.2) is 61.0 Å². The number of amides is 1. The number of carbonyl (C=O) groups is 1. The number of nitrogens with one attached hydrogen (secondary N) is 2. The number of primary amides is 1. The van der Waals surface area contributed by atoms with Gasteiger partial charge in [-0.2, -0.15) is 0 Å². The molecule has 11 heteroatoms. The zero-order chi connectivity index (χ0) is 26.9. The number of aromatic nitrogens is 2. The molecule has 204 valence electrons. The van der Waals surface area contributed by atoms with E-state index in [1.54, 1.807) is 12.1 Å². The van der Waals surface area contributed by atoms with E-state index in [4.69, 9.17) is 25.7 Å². The lowest BCUT2D eigenvalue weighted by atomic mass is 9.91. The first-order chi connectivity index (χ1) is 18.4. The van der Waals surface area contributed by atoms with Crippen LogP contribution in [0.5, 0.6) is 5.88 Å². The second-order valence-corrected chi connectivity index (χ2v) is 9.12. The van der Waals surface area contributed by atoms with E-state index in [0.717, 1.165) is 42.7 Å². The van der Waals surface area contributed by atoms with Crippen LogP contribution in [-0.2, 0) is 9.47 Å². The minimum absolute atomic E-state index is 0.0333. The predicted octanol–water partition coefficient (Wildman–Crippen LogP) is 3.73. The lowest BCUT2D eigenvalue weighted by molar-refractivity contribution is 0.0399. The van der Waals surface area contributed by atoms with Crippen molar-refractivity contribution in [3.05, 3.63) is 47.8 Å². The molecule has 0 saturated heterocycles. The molecule has 2 aromatic heterocycles. The largest absolute Gasteiger partial charge is 0.475 e. The Bertz CT molecular complexity index is 1240. The predicted molar refractivity (Wildman–Crippen MR) is 144 cm³/mol. The minimum atomic E-state index is -0.786. The maximum Gasteiger partial charge on any atom is 0.252 e. The van der Waals surface area contributed by atoms with Crippen LogP contribution in [0.4, 0.5) is 21.7 Å². The Balaban J connectivity index is 1.45. The third-order valence-electron chi connectivity index (χ3n) is 6.36. The Morgan fingerprint density at radius 2 is 1.82 bits per heavy atom. The van der Waals surface area contributed by atoms with Gasteiger partial charge in [-0.25, -0.2) is 14.4 Å². The van der Waals surface area contributed by atoms with E-state index < -0.39 is 11.7 Å². The van der Waals surface area contributed by atoms with Crippen molar-refractivity contribution < 1.29 is 23.4 Å². The van der Waals surface area contributed by atoms with Crippen molar-refractivity contribution in [2.45, 2.75) is 44.7 Å². The first kappa shape index (κ1) is 27.5. The van der Waals surface area contributed by atoms with Crippen molar-refractivity contribution in [2.75, 3.05) is 43.7 Å². The number of nitrogens with zero attached hydrogens (tertiary/aromatic N) is 2. The molecule has 1 fully saturated rings. The number of anilines is 3. The first-order valence-corrected chi connectivity index (χ1v) is 12.9. The molecule has 1 saturated carbocycles. The van der Waals surface area contributed by atoms with Crippen LogP contribution >= 0.6 is 0 Å². The molecule has 1 aliphatic carbocycles. The second-order valence-electron chi connectivity index (χ2n) is 9.12. The van der Waals surface area contributed by atoms with E-state index in [1.807, 2.05) is 25.1 Å². The molecule has 1 amide bonds. The van der Waals surface area contributed by atoms with Crippen molar-refractivity contribution in [1.29, 1.82) is 0 Å². The molecular formula is C27H35FN6O4. The van der Waals surface area contributed by atoms with Crippen molar-refractivity contribution >= 4 is 34.1 Å². The Morgan fingerprint density at radius 1 is 1.03 bits per heavy atom. The Morgan fingerprint density at radius 3 is 2.61 bits per heavy atom. The molecule has 2 heterocycles. The number of carbonyl (C=O) groups excluding carboxylic acids is 1. The van der Waals surface area contributed by atoms with Gasteiger partial charge < -0.3 is 36.3 Å². The van der Waals surface area contributed by atoms with E-state index in [9.17, 15) is 9.18 Å². The fourth-order valence-electron chi connectivity index (χ4n) is 4.36. The summed E-state index contributed by atoms with van der Waals surface area (Å²) in [4.78, 5) is 20.9. The van der Waals surface area contributed by atoms with Crippen molar-refractivity contribution in [2.24, 2.45) is 11.5 Å². The third-order valence-corrected chi connectivity index (χ3v) is 6.36. The molecule has 2 atom stereocenters. The number of hydrogen-bond donors (Lipinski definition) is 4. The average molecular weight is 527 g/mol. The lowest BCUT2D eigenvalue weighted by Crippen LogP contribution is -2.43. The minimum Gasteiger partial charge on any atom is -0.475 e. The smallest absolute Gasteiger partial charge is 0.252 e. The summed E-state index contributed by atoms with van der Waals surface area (Å²) in [5, 5.41) is 7.06. The average Bonchev–Trinajstić information content (AvgIpc) is 2.91. The fraction of sp³-hybridized carbons (Fsp3) is 0.444. The Labute approximate surface area is 221 Å². The maximum absolute atomic E-state index is 14.8. The molecule has 1 aliphatic rings. The molecule has 4 rings (SSSR count). The Hall–Kier alpha value is -3.54. The quantitative estimate of drug-likeness (QED) is 0.245. The van der Waals surface area contributed by atoms with Gasteiger partial charge in [0, 0.05) is 35.8 Å². The van der Waals surface area contributed by atoms with Crippen LogP contribution in [0.15, 0.2) is 36.4 Å². The molecule has 10 nitrogen and oxygen atoms in total. The maximum atomic E-state index is 14.8. The van der Waals surface area contributed by atoms with Crippen molar-refractivity contribution in [3.63, 3.8) is 0 Å². The molecule has 38 heavy (non-hydrogen) atoms. The number of halogens is 1. The number of pyridine rings is 2. The molecule has 0 aliphatic heterocycles. The van der Waals surface area contributed by atoms with Gasteiger partial charge in [0.25, 0.3) is 5.91 Å². The monoisotopic (exact) mass is 526 g/mol. The summed E-state index contributed by atoms with van der Waals surface area (Å²) >= 11 is 0. The van der Waals surface area contributed by atoms with Crippen molar-refractivity contribution in [1.82, 2.24) is 9.97 Å². The molecule has 0 radical (unpaired) electrons. The topological polar surface area (TPSA) is 147 Å². The summed E-state index contributed by atoms with van der Waals surface area (Å²) < 4.78 is 31.2. The summed E-state index contributed by atoms with van der Waals surface area (Å²) in [5.74, 6) is -0.768. The number of benzene rings is 1. The molecule has 2 unspecified atom stereocenters. The van der Waals surface area contributed by atoms with Gasteiger partial charge in [0.1, 0.15) is 12.4 Å². The van der Waals surface area contributed by atoms with Crippen LogP contribution < -0.4 is 26.8 Å². The van der Waals surface area contributed by atoms with Gasteiger partial charge in [-0.3, -0.25) is 4.79 Å². The summed E-state index contributed by atoms with van der Waals surface area (Å²) in [6.07, 6.45) is 3.75. The Kier molecular flexibility index (Phi) is 9.63. The van der Waals surface area contributed by atoms with Crippen molar-refractivity contribution in [3.8, 4) is 5.88 Å². The highest BCUT2D eigenvalue weighted by atomic mass is 19.1.